The first kappa shape index (κ1) is 36.7. The molecule has 15 heteroatoms. The molecular formula is C50H50N12O2Si. The molecule has 14 nitrogen and oxygen atoms in total. The second-order valence-corrected chi connectivity index (χ2v) is 24.6. The van der Waals surface area contributed by atoms with Crippen LogP contribution in [0.25, 0.3) is 10.9 Å². The van der Waals surface area contributed by atoms with Crippen molar-refractivity contribution in [1.29, 1.82) is 0 Å². The maximum absolute atomic E-state index is 8.32. The number of amidine groups is 5. The average Bonchev–Trinajstić information content (AvgIpc) is 4.02. The Hall–Kier alpha value is -5.51. The third-order valence-corrected chi connectivity index (χ3v) is 20.8. The number of nitrogens with one attached hydrogen (secondary N) is 1. The van der Waals surface area contributed by atoms with Crippen LogP contribution >= 0.6 is 0 Å². The molecule has 0 spiro atoms. The van der Waals surface area contributed by atoms with Crippen LogP contribution in [0.1, 0.15) is 119 Å². The summed E-state index contributed by atoms with van der Waals surface area (Å²) in [6.45, 7) is 1.17. The molecule has 0 saturated heterocycles. The Morgan fingerprint density at radius 2 is 1.28 bits per heavy atom. The molecule has 6 aliphatic heterocycles. The fourth-order valence-electron chi connectivity index (χ4n) is 16.1. The van der Waals surface area contributed by atoms with Crippen LogP contribution in [0, 0.1) is 46.3 Å². The number of aliphatic imine (C=N–C) groups is 6. The lowest BCUT2D eigenvalue weighted by molar-refractivity contribution is -0.1000. The Bertz CT molecular complexity index is 2930. The normalized spacial score (nSPS) is 39.2. The first-order chi connectivity index (χ1) is 32.0. The highest BCUT2D eigenvalue weighted by Gasteiger charge is 2.65. The van der Waals surface area contributed by atoms with Crippen LogP contribution in [0.4, 0.5) is 11.6 Å². The number of nitrogens with zero attached hydrogens (tertiary/aromatic N) is 11. The van der Waals surface area contributed by atoms with Gasteiger partial charge in [-0.3, -0.25) is 28.7 Å². The van der Waals surface area contributed by atoms with E-state index in [2.05, 4.69) is 32.3 Å². The molecule has 0 aromatic carbocycles. The van der Waals surface area contributed by atoms with Crippen molar-refractivity contribution < 1.29 is 8.85 Å². The monoisotopic (exact) mass is 878 g/mol. The van der Waals surface area contributed by atoms with Crippen molar-refractivity contribution in [2.45, 2.75) is 96.1 Å². The molecule has 8 fully saturated rings. The molecule has 0 radical (unpaired) electrons. The number of aromatic nitrogens is 4. The van der Waals surface area contributed by atoms with Crippen LogP contribution in [-0.2, 0) is 8.85 Å². The number of rotatable bonds is 6. The molecule has 65 heavy (non-hydrogen) atoms. The highest BCUT2D eigenvalue weighted by atomic mass is 28.4. The standard InChI is InChI=1S/C50H50N12O2Si/c1-5-33-37(51-9-1)43-55-41(33)57-47-39-35(7-3-11-53-39)46-60-44-38-34(6-2-10-52-38)42(56-44)58-48-40-36(8-4-12-54-40)45(59-43)62(48)65(61(46)47,63-25-49-19-27-13-28(20-49)15-29(14-27)21-49)64-26-50-22-30-16-31(23-50)18-32(17-30)24-50/h1,3-5,7-12,27-32,47H,2,6,13-26H2,(H,55,57,59)/b58-42-,60-46-. The van der Waals surface area contributed by atoms with Crippen molar-refractivity contribution in [2.75, 3.05) is 13.2 Å². The van der Waals surface area contributed by atoms with Gasteiger partial charge in [-0.1, -0.05) is 0 Å². The molecule has 8 saturated carbocycles. The van der Waals surface area contributed by atoms with Gasteiger partial charge in [0.1, 0.15) is 40.6 Å². The van der Waals surface area contributed by atoms with E-state index in [1.165, 1.54) is 77.0 Å². The van der Waals surface area contributed by atoms with Gasteiger partial charge in [-0.05, 0) is 173 Å². The summed E-state index contributed by atoms with van der Waals surface area (Å²) in [6.07, 6.45) is 23.9. The quantitative estimate of drug-likeness (QED) is 0.191. The molecule has 1 N–H and O–H groups in total. The summed E-state index contributed by atoms with van der Waals surface area (Å²) in [5.41, 5.74) is 5.93. The number of pyridine rings is 3. The maximum Gasteiger partial charge on any atom is 0.599 e. The van der Waals surface area contributed by atoms with E-state index < -0.39 is 15.0 Å². The van der Waals surface area contributed by atoms with Gasteiger partial charge < -0.3 is 14.2 Å². The minimum atomic E-state index is -4.23. The predicted octanol–water partition coefficient (Wildman–Crippen LogP) is 8.35. The van der Waals surface area contributed by atoms with E-state index in [0.717, 1.165) is 87.3 Å². The van der Waals surface area contributed by atoms with E-state index in [1.54, 1.807) is 0 Å². The van der Waals surface area contributed by atoms with Gasteiger partial charge in [0.05, 0.1) is 5.69 Å². The van der Waals surface area contributed by atoms with Gasteiger partial charge in [-0.25, -0.2) is 25.0 Å². The van der Waals surface area contributed by atoms with Gasteiger partial charge in [0.25, 0.3) is 0 Å². The zero-order valence-electron chi connectivity index (χ0n) is 36.4. The Morgan fingerprint density at radius 1 is 0.646 bits per heavy atom. The second-order valence-electron chi connectivity index (χ2n) is 22.0. The SMILES string of the molecule is C1=NC2=C(CC1)/C1=N/c3c4ncccc4c4n3[Si](OCC35CC6CC(CC(C6)C3)C5)(OCC35CC6CC(CC(C6)C3)C5)N3/C(=N\C2=N1)c1cccnc1C3NC1=N/C(=N\4)c2ncccc21. The average molecular weight is 879 g/mol. The molecule has 4 aromatic rings. The number of fused-ring (bicyclic) bond motifs is 13. The highest BCUT2D eigenvalue weighted by Crippen LogP contribution is 2.62. The topological polar surface area (TPSA) is 151 Å². The van der Waals surface area contributed by atoms with Gasteiger partial charge in [0, 0.05) is 60.1 Å². The van der Waals surface area contributed by atoms with E-state index in [-0.39, 0.29) is 10.8 Å². The van der Waals surface area contributed by atoms with E-state index >= 15 is 0 Å². The van der Waals surface area contributed by atoms with E-state index in [9.17, 15) is 0 Å². The minimum Gasteiger partial charge on any atom is -0.361 e. The molecular weight excluding hydrogens is 829 g/mol. The first-order valence-corrected chi connectivity index (χ1v) is 26.1. The Balaban J connectivity index is 1.02. The lowest BCUT2D eigenvalue weighted by atomic mass is 9.50. The zero-order valence-corrected chi connectivity index (χ0v) is 37.4. The second kappa shape index (κ2) is 12.9. The van der Waals surface area contributed by atoms with E-state index in [4.69, 9.17) is 53.8 Å². The first-order valence-electron chi connectivity index (χ1n) is 24.4. The van der Waals surface area contributed by atoms with Crippen molar-refractivity contribution >= 4 is 66.8 Å². The summed E-state index contributed by atoms with van der Waals surface area (Å²) < 4.78 is 21.3. The zero-order chi connectivity index (χ0) is 42.2. The summed E-state index contributed by atoms with van der Waals surface area (Å²) in [4.78, 5) is 47.9. The van der Waals surface area contributed by atoms with Crippen LogP contribution in [0.3, 0.4) is 0 Å². The lowest BCUT2D eigenvalue weighted by Gasteiger charge is -2.58. The van der Waals surface area contributed by atoms with Crippen molar-refractivity contribution in [3.63, 3.8) is 0 Å². The Kier molecular flexibility index (Phi) is 7.27. The number of hydrogen-bond donors (Lipinski definition) is 1. The molecule has 0 amide bonds. The summed E-state index contributed by atoms with van der Waals surface area (Å²) in [7, 11) is -4.23. The van der Waals surface area contributed by atoms with Crippen LogP contribution in [-0.4, -0.2) is 81.2 Å². The lowest BCUT2D eigenvalue weighted by Crippen LogP contribution is -2.69. The predicted molar refractivity (Wildman–Crippen MR) is 249 cm³/mol. The molecule has 14 aliphatic rings. The molecule has 1 atom stereocenters. The highest BCUT2D eigenvalue weighted by molar-refractivity contribution is 6.68. The minimum absolute atomic E-state index is 0.0565. The summed E-state index contributed by atoms with van der Waals surface area (Å²) >= 11 is 0. The summed E-state index contributed by atoms with van der Waals surface area (Å²) in [6, 6.07) is 12.3. The maximum atomic E-state index is 8.32. The fourth-order valence-corrected chi connectivity index (χ4v) is 19.8. The van der Waals surface area contributed by atoms with E-state index in [0.29, 0.717) is 59.7 Å². The third-order valence-electron chi connectivity index (χ3n) is 17.7. The van der Waals surface area contributed by atoms with Crippen LogP contribution in [0.5, 0.6) is 0 Å². The summed E-state index contributed by atoms with van der Waals surface area (Å²) in [5, 5.41) is 4.83. The smallest absolute Gasteiger partial charge is 0.361 e. The van der Waals surface area contributed by atoms with Crippen LogP contribution < -0.4 is 5.32 Å². The Labute approximate surface area is 377 Å². The van der Waals surface area contributed by atoms with Gasteiger partial charge in [0.2, 0.25) is 0 Å². The molecule has 8 aliphatic carbocycles. The molecule has 1 unspecified atom stereocenters. The van der Waals surface area contributed by atoms with Gasteiger partial charge in [-0.15, -0.1) is 0 Å². The Morgan fingerprint density at radius 3 is 1.98 bits per heavy atom. The van der Waals surface area contributed by atoms with Gasteiger partial charge in [-0.2, -0.15) is 0 Å². The van der Waals surface area contributed by atoms with Crippen molar-refractivity contribution in [1.82, 2.24) is 29.1 Å². The molecule has 326 valence electrons. The number of hydrogen-bond acceptors (Lipinski definition) is 13. The largest absolute Gasteiger partial charge is 0.599 e. The molecule has 4 aromatic heterocycles. The molecule has 10 heterocycles. The van der Waals surface area contributed by atoms with Crippen molar-refractivity contribution in [2.24, 2.45) is 76.3 Å². The van der Waals surface area contributed by atoms with Crippen molar-refractivity contribution in [3.8, 4) is 0 Å². The molecule has 18 rings (SSSR count). The fraction of sp³-hybridized carbons (Fsp3) is 0.500. The third kappa shape index (κ3) is 5.14. The van der Waals surface area contributed by atoms with Crippen molar-refractivity contribution in [3.05, 3.63) is 88.8 Å². The molecule has 14 bridgehead atoms. The van der Waals surface area contributed by atoms with Crippen LogP contribution in [0.2, 0.25) is 0 Å². The van der Waals surface area contributed by atoms with Gasteiger partial charge >= 0.3 is 8.88 Å². The van der Waals surface area contributed by atoms with Gasteiger partial charge in [0.15, 0.2) is 23.3 Å². The summed E-state index contributed by atoms with van der Waals surface area (Å²) in [5.74, 6) is 8.90. The van der Waals surface area contributed by atoms with E-state index in [1.807, 2.05) is 43.0 Å². The van der Waals surface area contributed by atoms with Crippen LogP contribution in [0.15, 0.2) is 96.2 Å².